The molecule has 19 heavy (non-hydrogen) atoms. The first-order valence-corrected chi connectivity index (χ1v) is 7.37. The Balaban J connectivity index is 1.94. The summed E-state index contributed by atoms with van der Waals surface area (Å²) in [5.41, 5.74) is 6.97. The van der Waals surface area contributed by atoms with Crippen molar-refractivity contribution in [3.05, 3.63) is 23.9 Å². The molecule has 2 N–H and O–H groups in total. The lowest BCUT2D eigenvalue weighted by Crippen LogP contribution is -2.51. The molecule has 1 aliphatic heterocycles. The molecule has 0 amide bonds. The summed E-state index contributed by atoms with van der Waals surface area (Å²) in [6.45, 7) is 9.56. The lowest BCUT2D eigenvalue weighted by atomic mass is 10.1. The highest BCUT2D eigenvalue weighted by molar-refractivity contribution is 5.46. The van der Waals surface area contributed by atoms with E-state index in [2.05, 4.69) is 34.7 Å². The fourth-order valence-electron chi connectivity index (χ4n) is 2.94. The van der Waals surface area contributed by atoms with E-state index in [-0.39, 0.29) is 0 Å². The number of pyridine rings is 1. The minimum Gasteiger partial charge on any atom is -0.354 e. The van der Waals surface area contributed by atoms with Gasteiger partial charge in [0.25, 0.3) is 0 Å². The fraction of sp³-hybridized carbons (Fsp3) is 0.667. The highest BCUT2D eigenvalue weighted by atomic mass is 15.3. The molecule has 2 rings (SSSR count). The van der Waals surface area contributed by atoms with E-state index in [9.17, 15) is 0 Å². The van der Waals surface area contributed by atoms with Crippen molar-refractivity contribution < 1.29 is 0 Å². The lowest BCUT2D eigenvalue weighted by Gasteiger charge is -2.40. The van der Waals surface area contributed by atoms with E-state index >= 15 is 0 Å². The van der Waals surface area contributed by atoms with Crippen molar-refractivity contribution in [2.75, 3.05) is 37.6 Å². The molecular weight excluding hydrogens is 236 g/mol. The van der Waals surface area contributed by atoms with Gasteiger partial charge >= 0.3 is 0 Å². The van der Waals surface area contributed by atoms with Gasteiger partial charge in [-0.1, -0.05) is 13.0 Å². The average molecular weight is 262 g/mol. The van der Waals surface area contributed by atoms with Gasteiger partial charge in [0.05, 0.1) is 0 Å². The van der Waals surface area contributed by atoms with Gasteiger partial charge in [-0.05, 0) is 37.9 Å². The predicted octanol–water partition coefficient (Wildman–Crippen LogP) is 1.64. The van der Waals surface area contributed by atoms with Crippen LogP contribution in [0.3, 0.4) is 0 Å². The molecule has 1 atom stereocenters. The van der Waals surface area contributed by atoms with Crippen LogP contribution < -0.4 is 10.6 Å². The summed E-state index contributed by atoms with van der Waals surface area (Å²) in [6, 6.07) is 4.79. The molecule has 0 aliphatic carbocycles. The van der Waals surface area contributed by atoms with E-state index in [1.165, 1.54) is 12.0 Å². The number of hydrogen-bond donors (Lipinski definition) is 1. The van der Waals surface area contributed by atoms with Gasteiger partial charge in [-0.2, -0.15) is 0 Å². The molecule has 2 heterocycles. The van der Waals surface area contributed by atoms with Crippen molar-refractivity contribution in [1.82, 2.24) is 9.88 Å². The first-order chi connectivity index (χ1) is 9.26. The number of nitrogens with two attached hydrogens (primary N) is 1. The van der Waals surface area contributed by atoms with E-state index in [4.69, 9.17) is 5.73 Å². The number of piperazine rings is 1. The van der Waals surface area contributed by atoms with Gasteiger partial charge in [-0.15, -0.1) is 0 Å². The quantitative estimate of drug-likeness (QED) is 0.876. The molecule has 0 aromatic carbocycles. The first kappa shape index (κ1) is 14.3. The van der Waals surface area contributed by atoms with E-state index in [1.54, 1.807) is 0 Å². The monoisotopic (exact) mass is 262 g/mol. The van der Waals surface area contributed by atoms with E-state index in [1.807, 2.05) is 12.3 Å². The highest BCUT2D eigenvalue weighted by Gasteiger charge is 2.23. The topological polar surface area (TPSA) is 45.4 Å². The smallest absolute Gasteiger partial charge is 0.131 e. The first-order valence-electron chi connectivity index (χ1n) is 7.37. The minimum atomic E-state index is 0.650. The third-order valence-electron chi connectivity index (χ3n) is 4.08. The number of aromatic nitrogens is 1. The summed E-state index contributed by atoms with van der Waals surface area (Å²) in [6.07, 6.45) is 4.19. The molecule has 0 radical (unpaired) electrons. The summed E-state index contributed by atoms with van der Waals surface area (Å²) in [7, 11) is 0. The molecule has 0 bridgehead atoms. The summed E-state index contributed by atoms with van der Waals surface area (Å²) in [5.74, 6) is 1.15. The van der Waals surface area contributed by atoms with Gasteiger partial charge in [0.1, 0.15) is 5.82 Å². The van der Waals surface area contributed by atoms with Crippen LogP contribution in [-0.4, -0.2) is 48.6 Å². The van der Waals surface area contributed by atoms with Gasteiger partial charge < -0.3 is 10.6 Å². The van der Waals surface area contributed by atoms with Gasteiger partial charge in [0, 0.05) is 38.4 Å². The maximum absolute atomic E-state index is 5.70. The summed E-state index contributed by atoms with van der Waals surface area (Å²) in [4.78, 5) is 9.50. The molecule has 1 unspecified atom stereocenters. The normalized spacial score (nSPS) is 18.6. The van der Waals surface area contributed by atoms with Crippen LogP contribution in [0.4, 0.5) is 5.82 Å². The Hall–Kier alpha value is -1.13. The second-order valence-electron chi connectivity index (χ2n) is 5.31. The Kier molecular flexibility index (Phi) is 5.16. The van der Waals surface area contributed by atoms with E-state index in [0.29, 0.717) is 6.04 Å². The Bertz CT molecular complexity index is 385. The van der Waals surface area contributed by atoms with Gasteiger partial charge in [-0.3, -0.25) is 4.90 Å². The summed E-state index contributed by atoms with van der Waals surface area (Å²) < 4.78 is 0. The van der Waals surface area contributed by atoms with Gasteiger partial charge in [0.2, 0.25) is 0 Å². The zero-order valence-corrected chi connectivity index (χ0v) is 12.2. The second-order valence-corrected chi connectivity index (χ2v) is 5.31. The summed E-state index contributed by atoms with van der Waals surface area (Å²) in [5, 5.41) is 0. The van der Waals surface area contributed by atoms with Crippen molar-refractivity contribution in [3.63, 3.8) is 0 Å². The Morgan fingerprint density at radius 3 is 2.63 bits per heavy atom. The number of nitrogens with zero attached hydrogens (tertiary/aromatic N) is 3. The van der Waals surface area contributed by atoms with Crippen LogP contribution in [0.5, 0.6) is 0 Å². The van der Waals surface area contributed by atoms with Crippen LogP contribution >= 0.6 is 0 Å². The standard InChI is InChI=1S/C15H26N4/c1-3-14(6-7-16)18-9-11-19(12-10-18)15-13(2)5-4-8-17-15/h4-5,8,14H,3,6-7,9-12,16H2,1-2H3. The molecule has 1 fully saturated rings. The molecule has 0 spiro atoms. The number of rotatable bonds is 5. The third-order valence-corrected chi connectivity index (χ3v) is 4.08. The molecule has 1 aromatic rings. The minimum absolute atomic E-state index is 0.650. The average Bonchev–Trinajstić information content (AvgIpc) is 2.46. The highest BCUT2D eigenvalue weighted by Crippen LogP contribution is 2.19. The number of anilines is 1. The van der Waals surface area contributed by atoms with Crippen molar-refractivity contribution in [3.8, 4) is 0 Å². The molecule has 4 nitrogen and oxygen atoms in total. The molecule has 1 aliphatic rings. The van der Waals surface area contributed by atoms with Crippen LogP contribution in [0.2, 0.25) is 0 Å². The molecule has 4 heteroatoms. The predicted molar refractivity (Wildman–Crippen MR) is 80.5 cm³/mol. The van der Waals surface area contributed by atoms with Crippen LogP contribution in [-0.2, 0) is 0 Å². The zero-order valence-electron chi connectivity index (χ0n) is 12.2. The SMILES string of the molecule is CCC(CCN)N1CCN(c2ncccc2C)CC1. The zero-order chi connectivity index (χ0) is 13.7. The molecule has 106 valence electrons. The number of hydrogen-bond acceptors (Lipinski definition) is 4. The molecule has 1 saturated heterocycles. The largest absolute Gasteiger partial charge is 0.354 e. The molecule has 0 saturated carbocycles. The van der Waals surface area contributed by atoms with Crippen molar-refractivity contribution in [1.29, 1.82) is 0 Å². The maximum atomic E-state index is 5.70. The maximum Gasteiger partial charge on any atom is 0.131 e. The van der Waals surface area contributed by atoms with E-state index in [0.717, 1.165) is 45.0 Å². The Morgan fingerprint density at radius 2 is 2.05 bits per heavy atom. The fourth-order valence-corrected chi connectivity index (χ4v) is 2.94. The van der Waals surface area contributed by atoms with Crippen LogP contribution in [0.25, 0.3) is 0 Å². The number of aryl methyl sites for hydroxylation is 1. The van der Waals surface area contributed by atoms with Crippen molar-refractivity contribution in [2.45, 2.75) is 32.7 Å². The third kappa shape index (κ3) is 3.45. The Labute approximate surface area is 116 Å². The van der Waals surface area contributed by atoms with Crippen LogP contribution in [0.1, 0.15) is 25.3 Å². The molecular formula is C15H26N4. The molecule has 1 aromatic heterocycles. The second kappa shape index (κ2) is 6.87. The Morgan fingerprint density at radius 1 is 1.32 bits per heavy atom. The lowest BCUT2D eigenvalue weighted by molar-refractivity contribution is 0.173. The van der Waals surface area contributed by atoms with Crippen molar-refractivity contribution >= 4 is 5.82 Å². The van der Waals surface area contributed by atoms with Crippen molar-refractivity contribution in [2.24, 2.45) is 5.73 Å². The summed E-state index contributed by atoms with van der Waals surface area (Å²) >= 11 is 0. The van der Waals surface area contributed by atoms with Crippen LogP contribution in [0.15, 0.2) is 18.3 Å². The van der Waals surface area contributed by atoms with Gasteiger partial charge in [0.15, 0.2) is 0 Å². The van der Waals surface area contributed by atoms with Crippen LogP contribution in [0, 0.1) is 6.92 Å². The van der Waals surface area contributed by atoms with Gasteiger partial charge in [-0.25, -0.2) is 4.98 Å². The van der Waals surface area contributed by atoms with E-state index < -0.39 is 0 Å².